The first-order valence-corrected chi connectivity index (χ1v) is 6.76. The molecule has 0 aliphatic rings. The van der Waals surface area contributed by atoms with Crippen molar-refractivity contribution in [2.24, 2.45) is 0 Å². The largest absolute Gasteiger partial charge is 0.103 e. The van der Waals surface area contributed by atoms with Gasteiger partial charge in [0.15, 0.2) is 0 Å². The van der Waals surface area contributed by atoms with Crippen molar-refractivity contribution < 1.29 is 0 Å². The Morgan fingerprint density at radius 3 is 2.08 bits per heavy atom. The number of rotatable bonds is 9. The lowest BCUT2D eigenvalue weighted by Crippen LogP contribution is -1.76. The van der Waals surface area contributed by atoms with Crippen LogP contribution < -0.4 is 0 Å². The van der Waals surface area contributed by atoms with Crippen molar-refractivity contribution in [1.82, 2.24) is 0 Å². The van der Waals surface area contributed by atoms with Gasteiger partial charge in [-0.3, -0.25) is 0 Å². The van der Waals surface area contributed by atoms with Gasteiger partial charge in [0.1, 0.15) is 0 Å². The molecule has 0 nitrogen and oxygen atoms in total. The van der Waals surface area contributed by atoms with E-state index in [1.54, 1.807) is 0 Å². The minimum absolute atomic E-state index is 1.19. The van der Waals surface area contributed by atoms with Crippen LogP contribution in [0.3, 0.4) is 0 Å². The predicted molar refractivity (Wildman–Crippen MR) is 70.5 cm³/mol. The summed E-state index contributed by atoms with van der Waals surface area (Å²) in [5, 5.41) is 0. The second kappa shape index (κ2) is 12.2. The summed E-state index contributed by atoms with van der Waals surface area (Å²) in [6.07, 6.45) is 15.7. The van der Waals surface area contributed by atoms with Crippen LogP contribution in [0.2, 0.25) is 0 Å². The lowest BCUT2D eigenvalue weighted by Gasteiger charge is -1.96. The first-order valence-electron chi connectivity index (χ1n) is 5.23. The van der Waals surface area contributed by atoms with E-state index in [0.29, 0.717) is 0 Å². The molecule has 0 heterocycles. The number of hydrogen-bond acceptors (Lipinski definition) is 0. The quantitative estimate of drug-likeness (QED) is 0.245. The second-order valence-corrected chi connectivity index (χ2v) is 4.31. The molecular formula is C12H21I. The zero-order valence-electron chi connectivity index (χ0n) is 8.47. The molecule has 76 valence electrons. The topological polar surface area (TPSA) is 0 Å². The Bertz CT molecular complexity index is 127. The van der Waals surface area contributed by atoms with Crippen LogP contribution in [0.25, 0.3) is 0 Å². The molecule has 13 heavy (non-hydrogen) atoms. The van der Waals surface area contributed by atoms with Crippen molar-refractivity contribution in [3.05, 3.63) is 24.8 Å². The van der Waals surface area contributed by atoms with E-state index in [4.69, 9.17) is 0 Å². The minimum atomic E-state index is 1.19. The van der Waals surface area contributed by atoms with Crippen LogP contribution in [0.1, 0.15) is 44.9 Å². The molecular weight excluding hydrogens is 271 g/mol. The van der Waals surface area contributed by atoms with E-state index in [1.165, 1.54) is 49.4 Å². The highest BCUT2D eigenvalue weighted by molar-refractivity contribution is 14.1. The molecule has 0 unspecified atom stereocenters. The highest BCUT2D eigenvalue weighted by atomic mass is 127. The molecule has 0 N–H and O–H groups in total. The number of hydrogen-bond donors (Lipinski definition) is 0. The molecule has 0 fully saturated rings. The maximum absolute atomic E-state index is 3.72. The van der Waals surface area contributed by atoms with Gasteiger partial charge in [0.25, 0.3) is 0 Å². The van der Waals surface area contributed by atoms with Crippen molar-refractivity contribution in [2.75, 3.05) is 4.43 Å². The van der Waals surface area contributed by atoms with Gasteiger partial charge in [0, 0.05) is 4.43 Å². The normalized spacial score (nSPS) is 10.8. The maximum atomic E-state index is 3.72. The van der Waals surface area contributed by atoms with Crippen molar-refractivity contribution in [1.29, 1.82) is 0 Å². The van der Waals surface area contributed by atoms with E-state index in [-0.39, 0.29) is 0 Å². The first kappa shape index (κ1) is 13.2. The van der Waals surface area contributed by atoms with E-state index < -0.39 is 0 Å². The molecule has 0 aromatic rings. The van der Waals surface area contributed by atoms with E-state index in [9.17, 15) is 0 Å². The zero-order valence-corrected chi connectivity index (χ0v) is 10.6. The predicted octanol–water partition coefficient (Wildman–Crippen LogP) is 4.89. The molecule has 1 heteroatoms. The Morgan fingerprint density at radius 1 is 0.846 bits per heavy atom. The van der Waals surface area contributed by atoms with Gasteiger partial charge in [-0.15, -0.1) is 6.58 Å². The van der Waals surface area contributed by atoms with Crippen LogP contribution in [0.15, 0.2) is 24.8 Å². The fraction of sp³-hybridized carbons (Fsp3) is 0.667. The molecule has 0 amide bonds. The Balaban J connectivity index is 2.94. The summed E-state index contributed by atoms with van der Waals surface area (Å²) < 4.78 is 1.24. The highest BCUT2D eigenvalue weighted by Crippen LogP contribution is 2.06. The molecule has 0 spiro atoms. The van der Waals surface area contributed by atoms with E-state index >= 15 is 0 Å². The molecule has 0 aromatic carbocycles. The molecule has 0 aliphatic carbocycles. The fourth-order valence-electron chi connectivity index (χ4n) is 1.20. The summed E-state index contributed by atoms with van der Waals surface area (Å²) in [4.78, 5) is 0. The molecule has 0 aromatic heterocycles. The summed E-state index contributed by atoms with van der Waals surface area (Å²) >= 11 is 2.41. The maximum Gasteiger partial charge on any atom is 0.00299 e. The van der Waals surface area contributed by atoms with E-state index in [1.807, 2.05) is 6.08 Å². The van der Waals surface area contributed by atoms with Gasteiger partial charge < -0.3 is 0 Å². The Hall–Kier alpha value is 0.210. The second-order valence-electron chi connectivity index (χ2n) is 3.23. The van der Waals surface area contributed by atoms with Gasteiger partial charge >= 0.3 is 0 Å². The van der Waals surface area contributed by atoms with Crippen LogP contribution in [0.5, 0.6) is 0 Å². The third-order valence-electron chi connectivity index (χ3n) is 1.97. The Morgan fingerprint density at radius 2 is 1.46 bits per heavy atom. The van der Waals surface area contributed by atoms with Crippen molar-refractivity contribution >= 4 is 22.6 Å². The summed E-state index contributed by atoms with van der Waals surface area (Å²) in [7, 11) is 0. The molecule has 0 rings (SSSR count). The average molecular weight is 292 g/mol. The third-order valence-corrected chi connectivity index (χ3v) is 2.59. The van der Waals surface area contributed by atoms with Gasteiger partial charge in [-0.2, -0.15) is 0 Å². The molecule has 0 aliphatic heterocycles. The average Bonchev–Trinajstić information content (AvgIpc) is 2.16. The first-order chi connectivity index (χ1) is 6.41. The zero-order chi connectivity index (χ0) is 9.78. The summed E-state index contributed by atoms with van der Waals surface area (Å²) in [6, 6.07) is 0. The minimum Gasteiger partial charge on any atom is -0.103 e. The van der Waals surface area contributed by atoms with Gasteiger partial charge in [0.2, 0.25) is 0 Å². The van der Waals surface area contributed by atoms with Crippen LogP contribution in [-0.4, -0.2) is 4.43 Å². The molecule has 0 saturated carbocycles. The van der Waals surface area contributed by atoms with Gasteiger partial charge in [-0.1, -0.05) is 53.7 Å². The number of halogens is 1. The number of unbranched alkanes of at least 4 members (excludes halogenated alkanes) is 5. The van der Waals surface area contributed by atoms with Gasteiger partial charge in [-0.25, -0.2) is 0 Å². The monoisotopic (exact) mass is 292 g/mol. The van der Waals surface area contributed by atoms with Crippen LogP contribution in [0, 0.1) is 0 Å². The van der Waals surface area contributed by atoms with Crippen molar-refractivity contribution in [2.45, 2.75) is 44.9 Å². The SMILES string of the molecule is C=CCCCCCC/C=C\CCI. The van der Waals surface area contributed by atoms with Crippen molar-refractivity contribution in [3.63, 3.8) is 0 Å². The third kappa shape index (κ3) is 12.2. The fourth-order valence-corrected chi connectivity index (χ4v) is 1.56. The standard InChI is InChI=1S/C12H21I/c1-2-3-4-5-6-7-8-9-10-11-12-13/h2,9-10H,1,3-8,11-12H2/b10-9-. The van der Waals surface area contributed by atoms with E-state index in [0.717, 1.165) is 0 Å². The van der Waals surface area contributed by atoms with Gasteiger partial charge in [0.05, 0.1) is 0 Å². The lowest BCUT2D eigenvalue weighted by molar-refractivity contribution is 0.652. The van der Waals surface area contributed by atoms with Crippen molar-refractivity contribution in [3.8, 4) is 0 Å². The lowest BCUT2D eigenvalue weighted by atomic mass is 10.1. The summed E-state index contributed by atoms with van der Waals surface area (Å²) in [5.41, 5.74) is 0. The number of allylic oxidation sites excluding steroid dienone is 3. The summed E-state index contributed by atoms with van der Waals surface area (Å²) in [6.45, 7) is 3.72. The van der Waals surface area contributed by atoms with Crippen LogP contribution in [-0.2, 0) is 0 Å². The van der Waals surface area contributed by atoms with Crippen LogP contribution in [0.4, 0.5) is 0 Å². The van der Waals surface area contributed by atoms with Gasteiger partial charge in [-0.05, 0) is 32.1 Å². The molecule has 0 saturated heterocycles. The number of alkyl halides is 1. The summed E-state index contributed by atoms with van der Waals surface area (Å²) in [5.74, 6) is 0. The highest BCUT2D eigenvalue weighted by Gasteiger charge is 1.86. The Labute approximate surface area is 96.6 Å². The Kier molecular flexibility index (Phi) is 12.4. The molecule has 0 radical (unpaired) electrons. The molecule has 0 atom stereocenters. The molecule has 0 bridgehead atoms. The smallest absolute Gasteiger partial charge is 0.00299 e. The van der Waals surface area contributed by atoms with Crippen LogP contribution >= 0.6 is 22.6 Å². The van der Waals surface area contributed by atoms with E-state index in [2.05, 4.69) is 41.3 Å².